The third-order valence-electron chi connectivity index (χ3n) is 7.27. The van der Waals surface area contributed by atoms with Gasteiger partial charge in [-0.25, -0.2) is 9.78 Å². The number of rotatable bonds is 11. The first-order valence-electron chi connectivity index (χ1n) is 13.0. The summed E-state index contributed by atoms with van der Waals surface area (Å²) in [7, 11) is 0. The lowest BCUT2D eigenvalue weighted by molar-refractivity contribution is -0.150. The minimum atomic E-state index is -2.31. The number of aliphatic carboxylic acids is 1. The third kappa shape index (κ3) is 4.89. The topological polar surface area (TPSA) is 219 Å². The fourth-order valence-corrected chi connectivity index (χ4v) is 6.57. The number of amides is 4. The number of carbonyl (C=O) groups is 6. The maximum Gasteiger partial charge on any atom is 0.352 e. The Morgan fingerprint density at radius 3 is 2.33 bits per heavy atom. The second kappa shape index (κ2) is 11.7. The maximum atomic E-state index is 13.8. The van der Waals surface area contributed by atoms with Crippen LogP contribution in [0.4, 0.5) is 0 Å². The molecule has 2 aromatic rings. The second-order valence-corrected chi connectivity index (χ2v) is 10.8. The second-order valence-electron chi connectivity index (χ2n) is 9.59. The van der Waals surface area contributed by atoms with E-state index in [0.717, 1.165) is 11.8 Å². The van der Waals surface area contributed by atoms with Crippen LogP contribution in [0.25, 0.3) is 0 Å². The van der Waals surface area contributed by atoms with Crippen LogP contribution in [0.5, 0.6) is 0 Å². The fraction of sp³-hybridized carbons (Fsp3) is 0.370. The molecule has 2 aliphatic heterocycles. The number of H-pyrrole nitrogens is 1. The molecule has 15 heteroatoms. The Balaban J connectivity index is 2.12. The Labute approximate surface area is 244 Å². The van der Waals surface area contributed by atoms with Gasteiger partial charge in [-0.2, -0.15) is 0 Å². The first-order chi connectivity index (χ1) is 19.9. The Hall–Kier alpha value is -4.66. The number of hydrogen-bond donors (Lipinski definition) is 4. The number of aromatic nitrogens is 2. The molecule has 6 N–H and O–H groups in total. The van der Waals surface area contributed by atoms with Crippen molar-refractivity contribution in [3.63, 3.8) is 0 Å². The minimum absolute atomic E-state index is 0.0511. The number of nitrogens with two attached hydrogens (primary N) is 2. The molecule has 1 aromatic carbocycles. The van der Waals surface area contributed by atoms with Crippen LogP contribution < -0.4 is 11.5 Å². The predicted octanol–water partition coefficient (Wildman–Crippen LogP) is 0.338. The highest BCUT2D eigenvalue weighted by molar-refractivity contribution is 8.00. The molecular formula is C27H30N6O8S. The summed E-state index contributed by atoms with van der Waals surface area (Å²) in [5, 5.41) is 9.78. The summed E-state index contributed by atoms with van der Waals surface area (Å²) >= 11 is 1.22. The normalized spacial score (nSPS) is 18.3. The van der Waals surface area contributed by atoms with Crippen molar-refractivity contribution in [2.24, 2.45) is 11.5 Å². The molecule has 3 heterocycles. The number of carboxylic acid groups (broad SMARTS) is 1. The van der Waals surface area contributed by atoms with Crippen LogP contribution in [-0.2, 0) is 29.3 Å². The number of imidazole rings is 1. The van der Waals surface area contributed by atoms with Crippen molar-refractivity contribution in [2.45, 2.75) is 44.1 Å². The number of ether oxygens (including phenoxy) is 1. The number of thioether (sulfide) groups is 1. The molecule has 3 atom stereocenters. The van der Waals surface area contributed by atoms with E-state index >= 15 is 0 Å². The molecule has 4 amide bonds. The van der Waals surface area contributed by atoms with Gasteiger partial charge in [-0.3, -0.25) is 28.9 Å². The van der Waals surface area contributed by atoms with Crippen molar-refractivity contribution in [3.05, 3.63) is 64.4 Å². The summed E-state index contributed by atoms with van der Waals surface area (Å²) in [4.78, 5) is 86.9. The highest BCUT2D eigenvalue weighted by Crippen LogP contribution is 2.47. The first kappa shape index (κ1) is 30.3. The van der Waals surface area contributed by atoms with E-state index in [1.54, 1.807) is 32.0 Å². The molecule has 0 spiro atoms. The third-order valence-corrected chi connectivity index (χ3v) is 8.51. The van der Waals surface area contributed by atoms with Gasteiger partial charge in [0.25, 0.3) is 11.8 Å². The zero-order chi connectivity index (χ0) is 30.9. The summed E-state index contributed by atoms with van der Waals surface area (Å²) in [5.74, 6) is -6.16. The van der Waals surface area contributed by atoms with E-state index in [0.29, 0.717) is 0 Å². The lowest BCUT2D eigenvalue weighted by atomic mass is 9.71. The van der Waals surface area contributed by atoms with Gasteiger partial charge in [-0.1, -0.05) is 30.3 Å². The van der Waals surface area contributed by atoms with Gasteiger partial charge in [-0.05, 0) is 19.4 Å². The molecule has 2 unspecified atom stereocenters. The Kier molecular flexibility index (Phi) is 8.43. The number of esters is 1. The van der Waals surface area contributed by atoms with Gasteiger partial charge in [-0.15, -0.1) is 11.8 Å². The Morgan fingerprint density at radius 2 is 1.83 bits per heavy atom. The number of primary amides is 2. The van der Waals surface area contributed by atoms with Crippen molar-refractivity contribution in [3.8, 4) is 0 Å². The molecule has 42 heavy (non-hydrogen) atoms. The number of nitrogens with zero attached hydrogens (tertiary/aromatic N) is 3. The van der Waals surface area contributed by atoms with Crippen LogP contribution in [0.3, 0.4) is 0 Å². The lowest BCUT2D eigenvalue weighted by Crippen LogP contribution is -2.59. The number of benzene rings is 1. The number of fused-ring (bicyclic) bond motifs is 1. The molecule has 2 aliphatic rings. The van der Waals surface area contributed by atoms with Gasteiger partial charge in [0, 0.05) is 31.3 Å². The van der Waals surface area contributed by atoms with Gasteiger partial charge >= 0.3 is 11.9 Å². The van der Waals surface area contributed by atoms with Crippen LogP contribution in [0, 0.1) is 0 Å². The highest BCUT2D eigenvalue weighted by Gasteiger charge is 2.58. The molecule has 0 saturated carbocycles. The quantitative estimate of drug-likeness (QED) is 0.205. The molecule has 14 nitrogen and oxygen atoms in total. The van der Waals surface area contributed by atoms with Crippen LogP contribution in [-0.4, -0.2) is 90.8 Å². The van der Waals surface area contributed by atoms with Gasteiger partial charge in [0.2, 0.25) is 11.8 Å². The molecule has 1 fully saturated rings. The van der Waals surface area contributed by atoms with Crippen molar-refractivity contribution in [1.82, 2.24) is 19.8 Å². The summed E-state index contributed by atoms with van der Waals surface area (Å²) < 4.78 is 5.72. The summed E-state index contributed by atoms with van der Waals surface area (Å²) in [6, 6.07) is 7.73. The lowest BCUT2D eigenvalue weighted by Gasteiger charge is -2.47. The first-order valence-corrected chi connectivity index (χ1v) is 14.1. The Bertz CT molecular complexity index is 1500. The van der Waals surface area contributed by atoms with E-state index in [9.17, 15) is 33.9 Å². The van der Waals surface area contributed by atoms with Crippen LogP contribution in [0.15, 0.2) is 41.6 Å². The number of carboxylic acids is 1. The monoisotopic (exact) mass is 598 g/mol. The van der Waals surface area contributed by atoms with Crippen LogP contribution in [0.2, 0.25) is 0 Å². The SMILES string of the molecule is CCN(CC)C(=O)c1nc(C(C(N)=O)(c2ccccc2)C(OC(C)=O)C2=C(C(=O)O)N3C(=O)C[C@H]3SC2)[nH]c1C(N)=O. The van der Waals surface area contributed by atoms with Gasteiger partial charge in [0.15, 0.2) is 17.2 Å². The zero-order valence-electron chi connectivity index (χ0n) is 23.1. The van der Waals surface area contributed by atoms with Crippen molar-refractivity contribution in [1.29, 1.82) is 0 Å². The molecule has 222 valence electrons. The van der Waals surface area contributed by atoms with E-state index < -0.39 is 69.5 Å². The average Bonchev–Trinajstić information content (AvgIpc) is 3.39. The van der Waals surface area contributed by atoms with Crippen LogP contribution >= 0.6 is 11.8 Å². The Morgan fingerprint density at radius 1 is 1.19 bits per heavy atom. The molecular weight excluding hydrogens is 568 g/mol. The molecule has 0 bridgehead atoms. The fourth-order valence-electron chi connectivity index (χ4n) is 5.28. The van der Waals surface area contributed by atoms with E-state index in [1.807, 2.05) is 0 Å². The number of β-lactam (4-membered cyclic amide) rings is 1. The van der Waals surface area contributed by atoms with Crippen molar-refractivity contribution < 1.29 is 38.6 Å². The van der Waals surface area contributed by atoms with E-state index in [-0.39, 0.29) is 42.2 Å². The number of hydrogen-bond acceptors (Lipinski definition) is 9. The number of nitrogens with one attached hydrogen (secondary N) is 1. The predicted molar refractivity (Wildman–Crippen MR) is 149 cm³/mol. The van der Waals surface area contributed by atoms with Crippen molar-refractivity contribution in [2.75, 3.05) is 18.8 Å². The van der Waals surface area contributed by atoms with E-state index in [2.05, 4.69) is 9.97 Å². The van der Waals surface area contributed by atoms with E-state index in [1.165, 1.54) is 28.8 Å². The van der Waals surface area contributed by atoms with Gasteiger partial charge < -0.3 is 31.2 Å². The molecule has 1 saturated heterocycles. The molecule has 1 aromatic heterocycles. The van der Waals surface area contributed by atoms with E-state index in [4.69, 9.17) is 16.2 Å². The van der Waals surface area contributed by atoms with Gasteiger partial charge in [0.1, 0.15) is 17.2 Å². The molecule has 4 rings (SSSR count). The summed E-state index contributed by atoms with van der Waals surface area (Å²) in [6.07, 6.45) is -1.66. The average molecular weight is 599 g/mol. The summed E-state index contributed by atoms with van der Waals surface area (Å²) in [5.41, 5.74) is 8.15. The summed E-state index contributed by atoms with van der Waals surface area (Å²) in [6.45, 7) is 5.03. The standard InChI is InChI=1S/C27H30N6O8S/c1-4-32(5-2)23(37)19-18(22(28)36)30-26(31-19)27(25(29)40,14-9-7-6-8-10-14)21(41-13(3)34)15-12-42-17-11-16(35)33(17)20(15)24(38)39/h6-10,17,21H,4-5,11-12H2,1-3H3,(H2,28,36)(H2,29,40)(H,30,31)(H,38,39)/t17-,21?,27?/m1/s1. The minimum Gasteiger partial charge on any atom is -0.477 e. The van der Waals surface area contributed by atoms with Crippen molar-refractivity contribution >= 4 is 47.3 Å². The smallest absolute Gasteiger partial charge is 0.352 e. The van der Waals surface area contributed by atoms with Crippen LogP contribution in [0.1, 0.15) is 59.6 Å². The highest BCUT2D eigenvalue weighted by atomic mass is 32.2. The number of aromatic amines is 1. The zero-order valence-corrected chi connectivity index (χ0v) is 23.9. The largest absolute Gasteiger partial charge is 0.477 e. The maximum absolute atomic E-state index is 13.8. The molecule has 0 aliphatic carbocycles. The van der Waals surface area contributed by atoms with Gasteiger partial charge in [0.05, 0.1) is 11.8 Å². The number of carbonyl (C=O) groups excluding carboxylic acids is 5. The molecule has 0 radical (unpaired) electrons.